The van der Waals surface area contributed by atoms with Crippen molar-refractivity contribution in [3.63, 3.8) is 0 Å². The minimum absolute atomic E-state index is 0.185. The molecule has 1 aromatic carbocycles. The first-order valence-electron chi connectivity index (χ1n) is 6.18. The number of hydrogen-bond donors (Lipinski definition) is 3. The summed E-state index contributed by atoms with van der Waals surface area (Å²) in [5.41, 5.74) is 1.18. The number of benzene rings is 1. The molecule has 20 heavy (non-hydrogen) atoms. The Morgan fingerprint density at radius 3 is 2.75 bits per heavy atom. The number of H-pyrrole nitrogens is 1. The molecule has 2 rings (SSSR count). The van der Waals surface area contributed by atoms with Crippen LogP contribution in [0.1, 0.15) is 12.6 Å². The minimum Gasteiger partial charge on any atom is -0.363 e. The van der Waals surface area contributed by atoms with Crippen LogP contribution in [-0.2, 0) is 16.6 Å². The number of para-hydroxylation sites is 1. The smallest absolute Gasteiger partial charge is 0.263 e. The highest BCUT2D eigenvalue weighted by molar-refractivity contribution is 7.92. The fourth-order valence-corrected chi connectivity index (χ4v) is 3.02. The van der Waals surface area contributed by atoms with Crippen molar-refractivity contribution in [2.24, 2.45) is 0 Å². The van der Waals surface area contributed by atoms with E-state index in [1.165, 1.54) is 6.20 Å². The van der Waals surface area contributed by atoms with Crippen molar-refractivity contribution >= 4 is 27.3 Å². The van der Waals surface area contributed by atoms with Gasteiger partial charge in [0.25, 0.3) is 10.0 Å². The fraction of sp³-hybridized carbons (Fsp3) is 0.231. The predicted molar refractivity (Wildman–Crippen MR) is 80.4 cm³/mol. The third-order valence-electron chi connectivity index (χ3n) is 2.71. The van der Waals surface area contributed by atoms with E-state index in [-0.39, 0.29) is 4.90 Å². The zero-order chi connectivity index (χ0) is 14.6. The van der Waals surface area contributed by atoms with Gasteiger partial charge in [0, 0.05) is 18.4 Å². The van der Waals surface area contributed by atoms with Crippen LogP contribution in [0, 0.1) is 0 Å². The molecule has 0 fully saturated rings. The molecule has 5 nitrogen and oxygen atoms in total. The molecule has 0 aliphatic carbocycles. The number of anilines is 1. The largest absolute Gasteiger partial charge is 0.363 e. The summed E-state index contributed by atoms with van der Waals surface area (Å²) in [5.74, 6) is 0. The maximum Gasteiger partial charge on any atom is 0.263 e. The second kappa shape index (κ2) is 6.30. The molecule has 0 aliphatic heterocycles. The summed E-state index contributed by atoms with van der Waals surface area (Å²) in [5, 5.41) is 3.48. The van der Waals surface area contributed by atoms with Gasteiger partial charge in [-0.15, -0.1) is 0 Å². The second-order valence-corrected chi connectivity index (χ2v) is 6.32. The van der Waals surface area contributed by atoms with E-state index in [9.17, 15) is 8.42 Å². The third kappa shape index (κ3) is 3.53. The predicted octanol–water partition coefficient (Wildman–Crippen LogP) is 2.58. The standard InChI is InChI=1S/C13H16ClN3O2S/c1-2-15-8-10-7-11(9-16-10)20(18,19)17-13-6-4-3-5-12(13)14/h3-7,9,15-17H,2,8H2,1H3. The van der Waals surface area contributed by atoms with Crippen LogP contribution < -0.4 is 10.0 Å². The van der Waals surface area contributed by atoms with Crippen LogP contribution in [0.2, 0.25) is 5.02 Å². The Labute approximate surface area is 123 Å². The van der Waals surface area contributed by atoms with E-state index >= 15 is 0 Å². The first-order chi connectivity index (χ1) is 9.53. The Morgan fingerprint density at radius 2 is 2.05 bits per heavy atom. The highest BCUT2D eigenvalue weighted by atomic mass is 35.5. The van der Waals surface area contributed by atoms with Crippen LogP contribution in [0.3, 0.4) is 0 Å². The van der Waals surface area contributed by atoms with E-state index in [1.54, 1.807) is 30.3 Å². The molecular weight excluding hydrogens is 298 g/mol. The Hall–Kier alpha value is -1.50. The zero-order valence-electron chi connectivity index (χ0n) is 11.0. The molecule has 2 aromatic rings. The molecule has 108 valence electrons. The van der Waals surface area contributed by atoms with E-state index in [0.29, 0.717) is 17.3 Å². The highest BCUT2D eigenvalue weighted by Gasteiger charge is 2.17. The molecule has 7 heteroatoms. The molecule has 0 aliphatic rings. The van der Waals surface area contributed by atoms with Crippen LogP contribution in [0.5, 0.6) is 0 Å². The second-order valence-electron chi connectivity index (χ2n) is 4.23. The van der Waals surface area contributed by atoms with Gasteiger partial charge >= 0.3 is 0 Å². The van der Waals surface area contributed by atoms with Crippen molar-refractivity contribution in [3.05, 3.63) is 47.2 Å². The van der Waals surface area contributed by atoms with Crippen LogP contribution in [0.15, 0.2) is 41.4 Å². The number of halogens is 1. The van der Waals surface area contributed by atoms with Gasteiger partial charge in [0.2, 0.25) is 0 Å². The van der Waals surface area contributed by atoms with E-state index in [2.05, 4.69) is 15.0 Å². The lowest BCUT2D eigenvalue weighted by molar-refractivity contribution is 0.601. The lowest BCUT2D eigenvalue weighted by Crippen LogP contribution is -2.13. The van der Waals surface area contributed by atoms with E-state index in [0.717, 1.165) is 12.2 Å². The molecule has 0 saturated carbocycles. The summed E-state index contributed by atoms with van der Waals surface area (Å²) in [6.07, 6.45) is 1.46. The van der Waals surface area contributed by atoms with Crippen molar-refractivity contribution in [2.75, 3.05) is 11.3 Å². The zero-order valence-corrected chi connectivity index (χ0v) is 12.6. The highest BCUT2D eigenvalue weighted by Crippen LogP contribution is 2.24. The summed E-state index contributed by atoms with van der Waals surface area (Å²) in [7, 11) is -3.63. The monoisotopic (exact) mass is 313 g/mol. The molecule has 0 amide bonds. The molecule has 0 bridgehead atoms. The summed E-state index contributed by atoms with van der Waals surface area (Å²) in [6.45, 7) is 3.40. The van der Waals surface area contributed by atoms with Crippen molar-refractivity contribution in [1.29, 1.82) is 0 Å². The molecule has 0 unspecified atom stereocenters. The molecule has 0 atom stereocenters. The van der Waals surface area contributed by atoms with Crippen LogP contribution in [0.4, 0.5) is 5.69 Å². The van der Waals surface area contributed by atoms with Gasteiger partial charge in [-0.1, -0.05) is 30.7 Å². The molecule has 3 N–H and O–H groups in total. The van der Waals surface area contributed by atoms with Gasteiger partial charge in [-0.3, -0.25) is 4.72 Å². The average Bonchev–Trinajstić information content (AvgIpc) is 2.88. The van der Waals surface area contributed by atoms with Gasteiger partial charge in [-0.05, 0) is 24.7 Å². The Bertz CT molecular complexity index is 682. The number of hydrogen-bond acceptors (Lipinski definition) is 3. The lowest BCUT2D eigenvalue weighted by Gasteiger charge is -2.07. The number of aromatic nitrogens is 1. The molecule has 0 spiro atoms. The first kappa shape index (κ1) is 14.9. The van der Waals surface area contributed by atoms with Gasteiger partial charge in [0.1, 0.15) is 4.90 Å². The normalized spacial score (nSPS) is 11.5. The Morgan fingerprint density at radius 1 is 1.30 bits per heavy atom. The number of sulfonamides is 1. The third-order valence-corrected chi connectivity index (χ3v) is 4.38. The SMILES string of the molecule is CCNCc1cc(S(=O)(=O)Nc2ccccc2Cl)c[nH]1. The topological polar surface area (TPSA) is 74.0 Å². The molecule has 0 saturated heterocycles. The van der Waals surface area contributed by atoms with Crippen molar-refractivity contribution < 1.29 is 8.42 Å². The van der Waals surface area contributed by atoms with Crippen LogP contribution >= 0.6 is 11.6 Å². The number of aromatic amines is 1. The first-order valence-corrected chi connectivity index (χ1v) is 8.04. The van der Waals surface area contributed by atoms with Crippen LogP contribution in [0.25, 0.3) is 0 Å². The van der Waals surface area contributed by atoms with Crippen molar-refractivity contribution in [1.82, 2.24) is 10.3 Å². The summed E-state index contributed by atoms with van der Waals surface area (Å²) < 4.78 is 26.9. The molecule has 1 aromatic heterocycles. The minimum atomic E-state index is -3.63. The Kier molecular flexibility index (Phi) is 4.69. The number of nitrogens with one attached hydrogen (secondary N) is 3. The van der Waals surface area contributed by atoms with Gasteiger partial charge in [-0.25, -0.2) is 8.42 Å². The Balaban J connectivity index is 2.18. The number of rotatable bonds is 6. The average molecular weight is 314 g/mol. The maximum atomic E-state index is 12.2. The van der Waals surface area contributed by atoms with Gasteiger partial charge in [-0.2, -0.15) is 0 Å². The molecule has 1 heterocycles. The van der Waals surface area contributed by atoms with E-state index in [1.807, 2.05) is 6.92 Å². The maximum absolute atomic E-state index is 12.2. The molecule has 0 radical (unpaired) electrons. The van der Waals surface area contributed by atoms with Crippen molar-refractivity contribution in [2.45, 2.75) is 18.4 Å². The van der Waals surface area contributed by atoms with Gasteiger partial charge in [0.05, 0.1) is 10.7 Å². The van der Waals surface area contributed by atoms with Gasteiger partial charge in [0.15, 0.2) is 0 Å². The molecular formula is C13H16ClN3O2S. The van der Waals surface area contributed by atoms with Crippen molar-refractivity contribution in [3.8, 4) is 0 Å². The lowest BCUT2D eigenvalue weighted by atomic mass is 10.3. The van der Waals surface area contributed by atoms with E-state index in [4.69, 9.17) is 11.6 Å². The van der Waals surface area contributed by atoms with Gasteiger partial charge < -0.3 is 10.3 Å². The summed E-state index contributed by atoms with van der Waals surface area (Å²) >= 11 is 5.95. The van der Waals surface area contributed by atoms with Crippen LogP contribution in [-0.4, -0.2) is 19.9 Å². The summed E-state index contributed by atoms with van der Waals surface area (Å²) in [4.78, 5) is 3.12. The quantitative estimate of drug-likeness (QED) is 0.767. The van der Waals surface area contributed by atoms with E-state index < -0.39 is 10.0 Å². The summed E-state index contributed by atoms with van der Waals surface area (Å²) in [6, 6.07) is 8.31. The fourth-order valence-electron chi connectivity index (χ4n) is 1.68.